The molecule has 1 aromatic heterocycles. The van der Waals surface area contributed by atoms with Crippen LogP contribution in [0.1, 0.15) is 37.5 Å². The van der Waals surface area contributed by atoms with E-state index in [0.29, 0.717) is 30.0 Å². The van der Waals surface area contributed by atoms with Crippen molar-refractivity contribution in [3.05, 3.63) is 94.4 Å². The molecule has 2 N–H and O–H groups in total. The summed E-state index contributed by atoms with van der Waals surface area (Å²) in [6.45, 7) is 8.76. The van der Waals surface area contributed by atoms with Gasteiger partial charge in [0, 0.05) is 48.3 Å². The Bertz CT molecular complexity index is 1450. The number of benzene rings is 3. The summed E-state index contributed by atoms with van der Waals surface area (Å²) >= 11 is 0. The Morgan fingerprint density at radius 1 is 0.861 bits per heavy atom. The molecule has 0 atom stereocenters. The second-order valence-corrected chi connectivity index (χ2v) is 9.45. The number of hydrogen-bond donors (Lipinski definition) is 2. The van der Waals surface area contributed by atoms with Crippen LogP contribution in [0, 0.1) is 26.6 Å². The number of carbonyl (C=O) groups excluding carboxylic acids is 2. The molecule has 0 spiro atoms. The van der Waals surface area contributed by atoms with Crippen LogP contribution in [0.2, 0.25) is 0 Å². The third-order valence-corrected chi connectivity index (χ3v) is 6.79. The van der Waals surface area contributed by atoms with Gasteiger partial charge >= 0.3 is 0 Å². The van der Waals surface area contributed by atoms with Gasteiger partial charge in [0.25, 0.3) is 11.8 Å². The summed E-state index contributed by atoms with van der Waals surface area (Å²) < 4.78 is 13.3. The van der Waals surface area contributed by atoms with Gasteiger partial charge in [0.1, 0.15) is 11.5 Å². The Labute approximate surface area is 209 Å². The van der Waals surface area contributed by atoms with Gasteiger partial charge in [0.2, 0.25) is 0 Å². The second kappa shape index (κ2) is 9.49. The summed E-state index contributed by atoms with van der Waals surface area (Å²) in [6, 6.07) is 17.6. The van der Waals surface area contributed by atoms with Crippen molar-refractivity contribution in [2.24, 2.45) is 0 Å². The first kappa shape index (κ1) is 23.6. The summed E-state index contributed by atoms with van der Waals surface area (Å²) in [6.07, 6.45) is 0. The molecule has 0 aliphatic carbocycles. The molecule has 1 aliphatic heterocycles. The van der Waals surface area contributed by atoms with Crippen molar-refractivity contribution in [2.75, 3.05) is 36.4 Å². The molecule has 2 heterocycles. The van der Waals surface area contributed by atoms with Crippen molar-refractivity contribution in [3.63, 3.8) is 0 Å². The third kappa shape index (κ3) is 4.56. The molecule has 0 unspecified atom stereocenters. The fourth-order valence-electron chi connectivity index (χ4n) is 4.75. The van der Waals surface area contributed by atoms with E-state index in [4.69, 9.17) is 0 Å². The lowest BCUT2D eigenvalue weighted by molar-refractivity contribution is 0.0743. The number of nitrogens with zero attached hydrogens (tertiary/aromatic N) is 2. The number of piperazine rings is 1. The van der Waals surface area contributed by atoms with Crippen LogP contribution in [0.15, 0.2) is 60.7 Å². The number of aromatic nitrogens is 1. The fourth-order valence-corrected chi connectivity index (χ4v) is 4.75. The highest BCUT2D eigenvalue weighted by molar-refractivity contribution is 6.15. The maximum atomic E-state index is 13.7. The highest BCUT2D eigenvalue weighted by Gasteiger charge is 2.28. The molecule has 1 aliphatic rings. The number of fused-ring (bicyclic) bond motifs is 1. The zero-order chi connectivity index (χ0) is 25.4. The van der Waals surface area contributed by atoms with Crippen LogP contribution in [-0.4, -0.2) is 47.9 Å². The van der Waals surface area contributed by atoms with Gasteiger partial charge < -0.3 is 20.1 Å². The van der Waals surface area contributed by atoms with Crippen molar-refractivity contribution in [2.45, 2.75) is 20.8 Å². The smallest absolute Gasteiger partial charge is 0.272 e. The Balaban J connectivity index is 1.41. The van der Waals surface area contributed by atoms with Gasteiger partial charge in [-0.15, -0.1) is 0 Å². The number of halogens is 1. The SMILES string of the molecule is Cc1ccc(C)c(N2CCN(C(=O)c3[nH]c4ccc(C)cc4c3NC(=O)c3ccc(F)cc3)CC2)c1. The molecule has 2 amide bonds. The lowest BCUT2D eigenvalue weighted by Gasteiger charge is -2.37. The van der Waals surface area contributed by atoms with E-state index in [9.17, 15) is 14.0 Å². The second-order valence-electron chi connectivity index (χ2n) is 9.45. The number of aromatic amines is 1. The van der Waals surface area contributed by atoms with Crippen LogP contribution < -0.4 is 10.2 Å². The lowest BCUT2D eigenvalue weighted by atomic mass is 10.1. The summed E-state index contributed by atoms with van der Waals surface area (Å²) in [5.74, 6) is -0.963. The number of carbonyl (C=O) groups is 2. The molecule has 3 aromatic carbocycles. The minimum absolute atomic E-state index is 0.154. The van der Waals surface area contributed by atoms with Gasteiger partial charge in [-0.2, -0.15) is 0 Å². The van der Waals surface area contributed by atoms with E-state index in [0.717, 1.165) is 29.6 Å². The van der Waals surface area contributed by atoms with Gasteiger partial charge in [-0.25, -0.2) is 4.39 Å². The predicted octanol–water partition coefficient (Wildman–Crippen LogP) is 5.45. The summed E-state index contributed by atoms with van der Waals surface area (Å²) in [5.41, 5.74) is 6.54. The van der Waals surface area contributed by atoms with Crippen LogP contribution in [0.3, 0.4) is 0 Å². The number of H-pyrrole nitrogens is 1. The van der Waals surface area contributed by atoms with Crippen LogP contribution in [0.5, 0.6) is 0 Å². The van der Waals surface area contributed by atoms with Gasteiger partial charge in [-0.1, -0.05) is 23.8 Å². The highest BCUT2D eigenvalue weighted by atomic mass is 19.1. The Hall–Kier alpha value is -4.13. The van der Waals surface area contributed by atoms with Crippen molar-refractivity contribution in [1.82, 2.24) is 9.88 Å². The molecule has 7 heteroatoms. The van der Waals surface area contributed by atoms with Crippen LogP contribution in [0.4, 0.5) is 15.8 Å². The Morgan fingerprint density at radius 2 is 1.53 bits per heavy atom. The molecule has 0 radical (unpaired) electrons. The van der Waals surface area contributed by atoms with Gasteiger partial charge in [-0.05, 0) is 74.4 Å². The number of rotatable bonds is 4. The van der Waals surface area contributed by atoms with Crippen molar-refractivity contribution >= 4 is 34.1 Å². The van der Waals surface area contributed by atoms with E-state index in [2.05, 4.69) is 47.2 Å². The molecular weight excluding hydrogens is 455 g/mol. The molecule has 0 bridgehead atoms. The quantitative estimate of drug-likeness (QED) is 0.405. The normalized spacial score (nSPS) is 13.8. The summed E-state index contributed by atoms with van der Waals surface area (Å²) in [4.78, 5) is 34.0. The van der Waals surface area contributed by atoms with Gasteiger partial charge in [0.05, 0.1) is 5.69 Å². The first-order chi connectivity index (χ1) is 17.3. The minimum Gasteiger partial charge on any atom is -0.368 e. The van der Waals surface area contributed by atoms with Crippen LogP contribution in [0.25, 0.3) is 10.9 Å². The monoisotopic (exact) mass is 484 g/mol. The molecular formula is C29H29FN4O2. The van der Waals surface area contributed by atoms with E-state index < -0.39 is 11.7 Å². The zero-order valence-corrected chi connectivity index (χ0v) is 20.7. The number of amides is 2. The fraction of sp³-hybridized carbons (Fsp3) is 0.241. The number of hydrogen-bond acceptors (Lipinski definition) is 3. The minimum atomic E-state index is -0.412. The first-order valence-electron chi connectivity index (χ1n) is 12.1. The van der Waals surface area contributed by atoms with Crippen LogP contribution in [-0.2, 0) is 0 Å². The van der Waals surface area contributed by atoms with Gasteiger partial charge in [-0.3, -0.25) is 9.59 Å². The average Bonchev–Trinajstić information content (AvgIpc) is 3.22. The maximum Gasteiger partial charge on any atom is 0.272 e. The molecule has 36 heavy (non-hydrogen) atoms. The third-order valence-electron chi connectivity index (χ3n) is 6.79. The number of anilines is 2. The largest absolute Gasteiger partial charge is 0.368 e. The molecule has 6 nitrogen and oxygen atoms in total. The molecule has 5 rings (SSSR count). The topological polar surface area (TPSA) is 68.4 Å². The van der Waals surface area contributed by atoms with E-state index in [1.807, 2.05) is 30.0 Å². The van der Waals surface area contributed by atoms with Crippen molar-refractivity contribution < 1.29 is 14.0 Å². The molecule has 0 saturated carbocycles. The number of nitrogens with one attached hydrogen (secondary N) is 2. The van der Waals surface area contributed by atoms with E-state index >= 15 is 0 Å². The molecule has 4 aromatic rings. The van der Waals surface area contributed by atoms with Crippen LogP contribution >= 0.6 is 0 Å². The van der Waals surface area contributed by atoms with E-state index in [-0.39, 0.29) is 5.91 Å². The average molecular weight is 485 g/mol. The van der Waals surface area contributed by atoms with Crippen molar-refractivity contribution in [1.29, 1.82) is 0 Å². The van der Waals surface area contributed by atoms with E-state index in [1.165, 1.54) is 41.1 Å². The standard InChI is InChI=1S/C29H29FN4O2/c1-18-5-11-24-23(16-18)26(32-28(35)21-7-9-22(30)10-8-21)27(31-24)29(36)34-14-12-33(13-15-34)25-17-19(2)4-6-20(25)3/h4-11,16-17,31H,12-15H2,1-3H3,(H,32,35). The highest BCUT2D eigenvalue weighted by Crippen LogP contribution is 2.31. The molecule has 184 valence electrons. The molecule has 1 saturated heterocycles. The van der Waals surface area contributed by atoms with Gasteiger partial charge in [0.15, 0.2) is 0 Å². The molecule has 1 fully saturated rings. The summed E-state index contributed by atoms with van der Waals surface area (Å²) in [7, 11) is 0. The zero-order valence-electron chi connectivity index (χ0n) is 20.7. The first-order valence-corrected chi connectivity index (χ1v) is 12.1. The summed E-state index contributed by atoms with van der Waals surface area (Å²) in [5, 5.41) is 3.68. The Kier molecular flexibility index (Phi) is 6.22. The lowest BCUT2D eigenvalue weighted by Crippen LogP contribution is -2.49. The maximum absolute atomic E-state index is 13.7. The van der Waals surface area contributed by atoms with Crippen molar-refractivity contribution in [3.8, 4) is 0 Å². The number of aryl methyl sites for hydroxylation is 3. The Morgan fingerprint density at radius 3 is 2.25 bits per heavy atom. The van der Waals surface area contributed by atoms with E-state index in [1.54, 1.807) is 0 Å². The predicted molar refractivity (Wildman–Crippen MR) is 141 cm³/mol.